The third-order valence-corrected chi connectivity index (χ3v) is 2.01. The number of carbonyl (C=O) groups is 2. The van der Waals surface area contributed by atoms with Gasteiger partial charge in [-0.1, -0.05) is 0 Å². The van der Waals surface area contributed by atoms with Crippen LogP contribution in [0.1, 0.15) is 0 Å². The van der Waals surface area contributed by atoms with Crippen LogP contribution in [0.4, 0.5) is 13.2 Å². The first-order chi connectivity index (χ1) is 7.38. The smallest absolute Gasteiger partial charge is 0.345 e. The molecule has 1 fully saturated rings. The molecule has 16 heavy (non-hydrogen) atoms. The van der Waals surface area contributed by atoms with E-state index in [-0.39, 0.29) is 19.0 Å². The highest BCUT2D eigenvalue weighted by Crippen LogP contribution is 2.12. The Bertz CT molecular complexity index is 280. The van der Waals surface area contributed by atoms with Gasteiger partial charge in [-0.3, -0.25) is 9.59 Å². The zero-order valence-corrected chi connectivity index (χ0v) is 8.43. The van der Waals surface area contributed by atoms with Crippen LogP contribution in [0, 0.1) is 0 Å². The van der Waals surface area contributed by atoms with E-state index in [0.717, 1.165) is 0 Å². The number of alkyl halides is 3. The molecule has 2 amide bonds. The Hall–Kier alpha value is -1.31. The molecule has 1 saturated heterocycles. The van der Waals surface area contributed by atoms with Crippen LogP contribution in [0.5, 0.6) is 0 Å². The van der Waals surface area contributed by atoms with E-state index < -0.39 is 18.6 Å². The SMILES string of the molecule is O=C(CN1CCNCC1=O)NCC(F)(F)F. The van der Waals surface area contributed by atoms with Crippen molar-refractivity contribution in [1.82, 2.24) is 15.5 Å². The van der Waals surface area contributed by atoms with Crippen molar-refractivity contribution in [3.05, 3.63) is 0 Å². The summed E-state index contributed by atoms with van der Waals surface area (Å²) in [4.78, 5) is 23.5. The molecule has 1 rings (SSSR count). The van der Waals surface area contributed by atoms with Crippen LogP contribution in [0.2, 0.25) is 0 Å². The minimum Gasteiger partial charge on any atom is -0.345 e. The molecule has 0 atom stereocenters. The Morgan fingerprint density at radius 3 is 2.75 bits per heavy atom. The fourth-order valence-corrected chi connectivity index (χ4v) is 1.24. The molecule has 0 aromatic rings. The fourth-order valence-electron chi connectivity index (χ4n) is 1.24. The van der Waals surface area contributed by atoms with E-state index in [1.165, 1.54) is 4.90 Å². The molecule has 92 valence electrons. The fraction of sp³-hybridized carbons (Fsp3) is 0.750. The molecule has 0 aromatic heterocycles. The summed E-state index contributed by atoms with van der Waals surface area (Å²) in [6.07, 6.45) is -4.43. The highest BCUT2D eigenvalue weighted by molar-refractivity contribution is 5.86. The van der Waals surface area contributed by atoms with E-state index in [1.54, 1.807) is 5.32 Å². The number of hydrogen-bond acceptors (Lipinski definition) is 3. The molecule has 1 aliphatic heterocycles. The van der Waals surface area contributed by atoms with Gasteiger partial charge in [-0.05, 0) is 0 Å². The van der Waals surface area contributed by atoms with Gasteiger partial charge < -0.3 is 15.5 Å². The maximum atomic E-state index is 11.8. The molecule has 1 heterocycles. The Morgan fingerprint density at radius 1 is 1.50 bits per heavy atom. The van der Waals surface area contributed by atoms with E-state index in [9.17, 15) is 22.8 Å². The Kier molecular flexibility index (Phi) is 4.11. The van der Waals surface area contributed by atoms with E-state index in [0.29, 0.717) is 13.1 Å². The molecule has 1 aliphatic rings. The van der Waals surface area contributed by atoms with Crippen LogP contribution in [0.25, 0.3) is 0 Å². The topological polar surface area (TPSA) is 61.4 Å². The van der Waals surface area contributed by atoms with Crippen molar-refractivity contribution in [3.8, 4) is 0 Å². The Labute approximate surface area is 90.0 Å². The van der Waals surface area contributed by atoms with Gasteiger partial charge in [0.2, 0.25) is 11.8 Å². The monoisotopic (exact) mass is 239 g/mol. The second kappa shape index (κ2) is 5.15. The summed E-state index contributed by atoms with van der Waals surface area (Å²) >= 11 is 0. The number of amides is 2. The minimum absolute atomic E-state index is 0.118. The van der Waals surface area contributed by atoms with Crippen molar-refractivity contribution in [2.45, 2.75) is 6.18 Å². The second-order valence-corrected chi connectivity index (χ2v) is 3.38. The highest BCUT2D eigenvalue weighted by atomic mass is 19.4. The van der Waals surface area contributed by atoms with Gasteiger partial charge in [0.15, 0.2) is 0 Å². The molecule has 0 aliphatic carbocycles. The number of halogens is 3. The number of carbonyl (C=O) groups excluding carboxylic acids is 2. The summed E-state index contributed by atoms with van der Waals surface area (Å²) in [7, 11) is 0. The van der Waals surface area contributed by atoms with Crippen molar-refractivity contribution < 1.29 is 22.8 Å². The molecular formula is C8H12F3N3O2. The zero-order chi connectivity index (χ0) is 12.2. The molecule has 0 unspecified atom stereocenters. The summed E-state index contributed by atoms with van der Waals surface area (Å²) in [5.74, 6) is -1.08. The molecule has 5 nitrogen and oxygen atoms in total. The van der Waals surface area contributed by atoms with Gasteiger partial charge in [-0.15, -0.1) is 0 Å². The number of nitrogens with one attached hydrogen (secondary N) is 2. The summed E-state index contributed by atoms with van der Waals surface area (Å²) in [5, 5.41) is 4.50. The first-order valence-corrected chi connectivity index (χ1v) is 4.70. The molecule has 8 heteroatoms. The summed E-state index contributed by atoms with van der Waals surface area (Å²) in [5.41, 5.74) is 0. The van der Waals surface area contributed by atoms with E-state index in [1.807, 2.05) is 0 Å². The number of piperazine rings is 1. The average molecular weight is 239 g/mol. The normalized spacial score (nSPS) is 17.4. The molecule has 0 saturated carbocycles. The molecule has 0 aromatic carbocycles. The van der Waals surface area contributed by atoms with E-state index >= 15 is 0 Å². The molecule has 0 bridgehead atoms. The lowest BCUT2D eigenvalue weighted by molar-refractivity contribution is -0.142. The summed E-state index contributed by atoms with van der Waals surface area (Å²) in [6, 6.07) is 0. The molecular weight excluding hydrogens is 227 g/mol. The maximum absolute atomic E-state index is 11.8. The van der Waals surface area contributed by atoms with Crippen LogP contribution < -0.4 is 10.6 Å². The van der Waals surface area contributed by atoms with E-state index in [4.69, 9.17) is 0 Å². The lowest BCUT2D eigenvalue weighted by atomic mass is 10.3. The second-order valence-electron chi connectivity index (χ2n) is 3.38. The van der Waals surface area contributed by atoms with Gasteiger partial charge in [0.05, 0.1) is 13.1 Å². The Balaban J connectivity index is 2.30. The van der Waals surface area contributed by atoms with Crippen LogP contribution >= 0.6 is 0 Å². The predicted molar refractivity (Wildman–Crippen MR) is 48.5 cm³/mol. The van der Waals surface area contributed by atoms with Gasteiger partial charge >= 0.3 is 6.18 Å². The Morgan fingerprint density at radius 2 is 2.19 bits per heavy atom. The van der Waals surface area contributed by atoms with Crippen LogP contribution in [-0.2, 0) is 9.59 Å². The van der Waals surface area contributed by atoms with Crippen molar-refractivity contribution >= 4 is 11.8 Å². The molecule has 2 N–H and O–H groups in total. The molecule has 0 radical (unpaired) electrons. The van der Waals surface area contributed by atoms with Crippen molar-refractivity contribution in [1.29, 1.82) is 0 Å². The number of nitrogens with zero attached hydrogens (tertiary/aromatic N) is 1. The standard InChI is InChI=1S/C8H12F3N3O2/c9-8(10,11)5-13-6(15)4-14-2-1-12-3-7(14)16/h12H,1-5H2,(H,13,15). The van der Waals surface area contributed by atoms with Crippen molar-refractivity contribution in [2.75, 3.05) is 32.7 Å². The van der Waals surface area contributed by atoms with Gasteiger partial charge in [0.1, 0.15) is 6.54 Å². The predicted octanol–water partition coefficient (Wildman–Crippen LogP) is -0.903. The van der Waals surface area contributed by atoms with Crippen molar-refractivity contribution in [2.24, 2.45) is 0 Å². The van der Waals surface area contributed by atoms with E-state index in [2.05, 4.69) is 5.32 Å². The summed E-state index contributed by atoms with van der Waals surface area (Å²) < 4.78 is 35.3. The van der Waals surface area contributed by atoms with Gasteiger partial charge in [0.25, 0.3) is 0 Å². The first-order valence-electron chi connectivity index (χ1n) is 4.70. The minimum atomic E-state index is -4.43. The first kappa shape index (κ1) is 12.8. The maximum Gasteiger partial charge on any atom is 0.405 e. The average Bonchev–Trinajstić information content (AvgIpc) is 2.18. The number of hydrogen-bond donors (Lipinski definition) is 2. The lowest BCUT2D eigenvalue weighted by Crippen LogP contribution is -2.51. The molecule has 0 spiro atoms. The lowest BCUT2D eigenvalue weighted by Gasteiger charge is -2.26. The van der Waals surface area contributed by atoms with Crippen LogP contribution in [0.3, 0.4) is 0 Å². The van der Waals surface area contributed by atoms with Crippen LogP contribution in [-0.4, -0.2) is 55.6 Å². The quantitative estimate of drug-likeness (QED) is 0.670. The number of rotatable bonds is 3. The van der Waals surface area contributed by atoms with Gasteiger partial charge in [-0.25, -0.2) is 0 Å². The van der Waals surface area contributed by atoms with Gasteiger partial charge in [-0.2, -0.15) is 13.2 Å². The van der Waals surface area contributed by atoms with Crippen LogP contribution in [0.15, 0.2) is 0 Å². The van der Waals surface area contributed by atoms with Crippen molar-refractivity contribution in [3.63, 3.8) is 0 Å². The third kappa shape index (κ3) is 4.47. The summed E-state index contributed by atoms with van der Waals surface area (Å²) in [6.45, 7) is -0.703. The zero-order valence-electron chi connectivity index (χ0n) is 8.43. The third-order valence-electron chi connectivity index (χ3n) is 2.01. The largest absolute Gasteiger partial charge is 0.405 e. The van der Waals surface area contributed by atoms with Gasteiger partial charge in [0, 0.05) is 13.1 Å². The highest BCUT2D eigenvalue weighted by Gasteiger charge is 2.28.